The Hall–Kier alpha value is -2.42. The van der Waals surface area contributed by atoms with Crippen LogP contribution in [0.3, 0.4) is 0 Å². The number of likely N-dealkylation sites (N-methyl/N-ethyl adjacent to an activating group) is 1. The summed E-state index contributed by atoms with van der Waals surface area (Å²) >= 11 is 0. The highest BCUT2D eigenvalue weighted by atomic mass is 32.2. The third kappa shape index (κ3) is 5.88. The molecule has 0 radical (unpaired) electrons. The van der Waals surface area contributed by atoms with Crippen LogP contribution in [0.1, 0.15) is 30.4 Å². The van der Waals surface area contributed by atoms with E-state index in [9.17, 15) is 13.2 Å². The predicted octanol–water partition coefficient (Wildman–Crippen LogP) is 2.76. The van der Waals surface area contributed by atoms with Gasteiger partial charge in [-0.2, -0.15) is 0 Å². The fourth-order valence-electron chi connectivity index (χ4n) is 3.94. The van der Waals surface area contributed by atoms with Crippen LogP contribution in [0, 0.1) is 6.92 Å². The first-order chi connectivity index (χ1) is 15.3. The number of carbonyl (C=O) groups is 1. The first-order valence-electron chi connectivity index (χ1n) is 11.3. The van der Waals surface area contributed by atoms with E-state index in [1.54, 1.807) is 24.3 Å². The van der Waals surface area contributed by atoms with Gasteiger partial charge in [-0.05, 0) is 74.7 Å². The van der Waals surface area contributed by atoms with Crippen molar-refractivity contribution in [1.29, 1.82) is 0 Å². The van der Waals surface area contributed by atoms with Gasteiger partial charge in [-0.1, -0.05) is 12.1 Å². The molecule has 172 valence electrons. The van der Waals surface area contributed by atoms with E-state index >= 15 is 0 Å². The highest BCUT2D eigenvalue weighted by Gasteiger charge is 2.27. The summed E-state index contributed by atoms with van der Waals surface area (Å²) in [5, 5.41) is 2.98. The Balaban J connectivity index is 1.28. The van der Waals surface area contributed by atoms with E-state index in [2.05, 4.69) is 39.9 Å². The van der Waals surface area contributed by atoms with E-state index < -0.39 is 10.0 Å². The number of hydrogen-bond acceptors (Lipinski definition) is 5. The highest BCUT2D eigenvalue weighted by Crippen LogP contribution is 2.25. The van der Waals surface area contributed by atoms with Crippen LogP contribution in [0.25, 0.3) is 0 Å². The molecule has 2 aliphatic rings. The molecular weight excluding hydrogens is 424 g/mol. The second-order valence-electron chi connectivity index (χ2n) is 8.88. The van der Waals surface area contributed by atoms with Gasteiger partial charge in [-0.3, -0.25) is 4.79 Å². The molecule has 1 aliphatic heterocycles. The third-order valence-corrected chi connectivity index (χ3v) is 7.63. The van der Waals surface area contributed by atoms with Gasteiger partial charge >= 0.3 is 0 Å². The van der Waals surface area contributed by atoms with Crippen LogP contribution in [-0.4, -0.2) is 58.5 Å². The monoisotopic (exact) mass is 456 g/mol. The summed E-state index contributed by atoms with van der Waals surface area (Å²) in [6.45, 7) is 6.22. The largest absolute Gasteiger partial charge is 0.369 e. The quantitative estimate of drug-likeness (QED) is 0.638. The Morgan fingerprint density at radius 2 is 1.72 bits per heavy atom. The molecule has 7 nitrogen and oxygen atoms in total. The molecule has 2 N–H and O–H groups in total. The number of carbonyl (C=O) groups excluding carboxylic acids is 1. The molecular formula is C24H32N4O3S. The van der Waals surface area contributed by atoms with Gasteiger partial charge in [0.1, 0.15) is 0 Å². The van der Waals surface area contributed by atoms with Gasteiger partial charge in [0, 0.05) is 50.0 Å². The second-order valence-corrected chi connectivity index (χ2v) is 10.6. The van der Waals surface area contributed by atoms with E-state index in [1.165, 1.54) is 5.69 Å². The average molecular weight is 457 g/mol. The lowest BCUT2D eigenvalue weighted by Crippen LogP contribution is -2.44. The van der Waals surface area contributed by atoms with Gasteiger partial charge in [0.05, 0.1) is 4.90 Å². The van der Waals surface area contributed by atoms with Gasteiger partial charge in [0.15, 0.2) is 0 Å². The zero-order chi connectivity index (χ0) is 22.7. The van der Waals surface area contributed by atoms with Crippen molar-refractivity contribution in [1.82, 2.24) is 9.62 Å². The number of sulfonamides is 1. The van der Waals surface area contributed by atoms with Gasteiger partial charge in [0.2, 0.25) is 15.9 Å². The minimum absolute atomic E-state index is 0.0520. The summed E-state index contributed by atoms with van der Waals surface area (Å²) in [6.07, 6.45) is 2.71. The van der Waals surface area contributed by atoms with Crippen molar-refractivity contribution in [3.05, 3.63) is 53.6 Å². The number of aryl methyl sites for hydroxylation is 2. The molecule has 2 fully saturated rings. The molecule has 1 saturated carbocycles. The summed E-state index contributed by atoms with van der Waals surface area (Å²) in [4.78, 5) is 17.4. The number of anilines is 2. The van der Waals surface area contributed by atoms with Crippen LogP contribution in [-0.2, 0) is 21.2 Å². The molecule has 1 saturated heterocycles. The first-order valence-corrected chi connectivity index (χ1v) is 12.7. The standard InChI is InChI=1S/C24H32N4O3S/c1-18-17-21(8-11-23(18)28-15-13-27(2)14-16-28)25-24(29)12-5-19-3-9-22(10-4-19)32(30,31)26-20-6-7-20/h3-4,8-11,17,20,26H,5-7,12-16H2,1-2H3,(H,25,29). The fourth-order valence-corrected chi connectivity index (χ4v) is 5.25. The number of nitrogens with zero attached hydrogens (tertiary/aromatic N) is 2. The second kappa shape index (κ2) is 9.60. The predicted molar refractivity (Wildman–Crippen MR) is 128 cm³/mol. The van der Waals surface area contributed by atoms with Crippen LogP contribution in [0.5, 0.6) is 0 Å². The molecule has 0 spiro atoms. The molecule has 1 aliphatic carbocycles. The number of amides is 1. The first kappa shape index (κ1) is 22.8. The van der Waals surface area contributed by atoms with Crippen molar-refractivity contribution >= 4 is 27.3 Å². The molecule has 2 aromatic rings. The molecule has 1 amide bonds. The molecule has 0 aromatic heterocycles. The minimum atomic E-state index is -3.44. The number of nitrogens with one attached hydrogen (secondary N) is 2. The third-order valence-electron chi connectivity index (χ3n) is 6.10. The summed E-state index contributed by atoms with van der Waals surface area (Å²) in [7, 11) is -1.30. The van der Waals surface area contributed by atoms with Gasteiger partial charge in [-0.15, -0.1) is 0 Å². The van der Waals surface area contributed by atoms with Gasteiger partial charge < -0.3 is 15.1 Å². The van der Waals surface area contributed by atoms with Crippen LogP contribution < -0.4 is 14.9 Å². The number of benzene rings is 2. The molecule has 4 rings (SSSR count). The lowest BCUT2D eigenvalue weighted by molar-refractivity contribution is -0.116. The van der Waals surface area contributed by atoms with Crippen molar-refractivity contribution < 1.29 is 13.2 Å². The Morgan fingerprint density at radius 1 is 1.03 bits per heavy atom. The SMILES string of the molecule is Cc1cc(NC(=O)CCc2ccc(S(=O)(=O)NC3CC3)cc2)ccc1N1CCN(C)CC1. The van der Waals surface area contributed by atoms with Gasteiger partial charge in [-0.25, -0.2) is 13.1 Å². The zero-order valence-corrected chi connectivity index (χ0v) is 19.6. The minimum Gasteiger partial charge on any atom is -0.369 e. The molecule has 32 heavy (non-hydrogen) atoms. The van der Waals surface area contributed by atoms with Crippen LogP contribution in [0.2, 0.25) is 0 Å². The van der Waals surface area contributed by atoms with Crippen LogP contribution in [0.4, 0.5) is 11.4 Å². The maximum absolute atomic E-state index is 12.4. The van der Waals surface area contributed by atoms with E-state index in [0.29, 0.717) is 12.8 Å². The zero-order valence-electron chi connectivity index (χ0n) is 18.8. The molecule has 2 aromatic carbocycles. The van der Waals surface area contributed by atoms with Gasteiger partial charge in [0.25, 0.3) is 0 Å². The summed E-state index contributed by atoms with van der Waals surface area (Å²) in [5.41, 5.74) is 4.12. The maximum Gasteiger partial charge on any atom is 0.240 e. The summed E-state index contributed by atoms with van der Waals surface area (Å²) < 4.78 is 27.2. The van der Waals surface area contributed by atoms with E-state index in [0.717, 1.165) is 55.8 Å². The fraction of sp³-hybridized carbons (Fsp3) is 0.458. The van der Waals surface area contributed by atoms with E-state index in [4.69, 9.17) is 0 Å². The van der Waals surface area contributed by atoms with Crippen molar-refractivity contribution in [2.45, 2.75) is 43.5 Å². The molecule has 0 bridgehead atoms. The Bertz CT molecular complexity index is 1060. The Morgan fingerprint density at radius 3 is 2.34 bits per heavy atom. The number of rotatable bonds is 8. The Kier molecular flexibility index (Phi) is 6.83. The van der Waals surface area contributed by atoms with Crippen molar-refractivity contribution in [3.63, 3.8) is 0 Å². The molecule has 8 heteroatoms. The van der Waals surface area contributed by atoms with Crippen LogP contribution in [0.15, 0.2) is 47.4 Å². The normalized spacial score (nSPS) is 17.4. The lowest BCUT2D eigenvalue weighted by atomic mass is 10.1. The highest BCUT2D eigenvalue weighted by molar-refractivity contribution is 7.89. The van der Waals surface area contributed by atoms with E-state index in [1.807, 2.05) is 12.1 Å². The average Bonchev–Trinajstić information content (AvgIpc) is 3.57. The topological polar surface area (TPSA) is 81.7 Å². The van der Waals surface area contributed by atoms with Crippen molar-refractivity contribution in [2.24, 2.45) is 0 Å². The van der Waals surface area contributed by atoms with Crippen molar-refractivity contribution in [3.8, 4) is 0 Å². The summed E-state index contributed by atoms with van der Waals surface area (Å²) in [6, 6.07) is 12.9. The van der Waals surface area contributed by atoms with Crippen molar-refractivity contribution in [2.75, 3.05) is 43.4 Å². The van der Waals surface area contributed by atoms with Crippen LogP contribution >= 0.6 is 0 Å². The molecule has 1 heterocycles. The van der Waals surface area contributed by atoms with E-state index in [-0.39, 0.29) is 16.8 Å². The smallest absolute Gasteiger partial charge is 0.240 e. The summed E-state index contributed by atoms with van der Waals surface area (Å²) in [5.74, 6) is -0.0520. The number of hydrogen-bond donors (Lipinski definition) is 2. The Labute approximate surface area is 190 Å². The lowest BCUT2D eigenvalue weighted by Gasteiger charge is -2.35. The number of piperazine rings is 1. The maximum atomic E-state index is 12.4. The molecule has 0 atom stereocenters. The molecule has 0 unspecified atom stereocenters.